The standard InChI is InChI=1S/C18H25ClN6O5S/c1-11(14(28-3)15-20-8-12(19)9-21-15)31(26,27)24-17-23-22-16(13-10-29-6-7-30-13)25(17)18(2)4-5-18/h8-9,11,13-14H,4-7,10H2,1-3H3,(H,23,24)/t11-,13?,14-/m0/s1. The van der Waals surface area contributed by atoms with Gasteiger partial charge in [0.25, 0.3) is 0 Å². The fourth-order valence-corrected chi connectivity index (χ4v) is 4.73. The van der Waals surface area contributed by atoms with Gasteiger partial charge >= 0.3 is 0 Å². The highest BCUT2D eigenvalue weighted by atomic mass is 35.5. The minimum absolute atomic E-state index is 0.142. The lowest BCUT2D eigenvalue weighted by atomic mass is 10.2. The summed E-state index contributed by atoms with van der Waals surface area (Å²) in [5, 5.41) is 7.69. The minimum Gasteiger partial charge on any atom is -0.376 e. The number of nitrogens with one attached hydrogen (secondary N) is 1. The lowest BCUT2D eigenvalue weighted by Gasteiger charge is -2.26. The van der Waals surface area contributed by atoms with Gasteiger partial charge in [0.15, 0.2) is 11.6 Å². The normalized spacial score (nSPS) is 22.6. The molecule has 2 aromatic heterocycles. The summed E-state index contributed by atoms with van der Waals surface area (Å²) >= 11 is 5.84. The summed E-state index contributed by atoms with van der Waals surface area (Å²) < 4.78 is 47.5. The summed E-state index contributed by atoms with van der Waals surface area (Å²) in [6, 6.07) is 0. The maximum atomic E-state index is 13.2. The van der Waals surface area contributed by atoms with Crippen LogP contribution in [0.15, 0.2) is 12.4 Å². The highest BCUT2D eigenvalue weighted by Crippen LogP contribution is 2.46. The van der Waals surface area contributed by atoms with Gasteiger partial charge in [-0.1, -0.05) is 11.6 Å². The van der Waals surface area contributed by atoms with Crippen molar-refractivity contribution in [3.05, 3.63) is 29.1 Å². The van der Waals surface area contributed by atoms with E-state index in [1.54, 1.807) is 0 Å². The summed E-state index contributed by atoms with van der Waals surface area (Å²) in [5.41, 5.74) is -0.277. The van der Waals surface area contributed by atoms with Crippen LogP contribution >= 0.6 is 11.6 Å². The Morgan fingerprint density at radius 2 is 2.00 bits per heavy atom. The molecule has 31 heavy (non-hydrogen) atoms. The average molecular weight is 473 g/mol. The maximum absolute atomic E-state index is 13.2. The molecule has 1 saturated heterocycles. The number of ether oxygens (including phenoxy) is 3. The number of halogens is 1. The third kappa shape index (κ3) is 4.53. The zero-order chi connectivity index (χ0) is 22.2. The van der Waals surface area contributed by atoms with Crippen LogP contribution in [0.1, 0.15) is 50.5 Å². The van der Waals surface area contributed by atoms with Crippen molar-refractivity contribution in [3.63, 3.8) is 0 Å². The molecule has 0 radical (unpaired) electrons. The fraction of sp³-hybridized carbons (Fsp3) is 0.667. The van der Waals surface area contributed by atoms with Crippen LogP contribution in [0, 0.1) is 0 Å². The first kappa shape index (κ1) is 22.3. The van der Waals surface area contributed by atoms with E-state index in [0.29, 0.717) is 30.7 Å². The molecular formula is C18H25ClN6O5S. The molecule has 170 valence electrons. The van der Waals surface area contributed by atoms with Crippen molar-refractivity contribution in [1.82, 2.24) is 24.7 Å². The topological polar surface area (TPSA) is 130 Å². The molecule has 0 spiro atoms. The van der Waals surface area contributed by atoms with Crippen molar-refractivity contribution in [2.75, 3.05) is 31.7 Å². The summed E-state index contributed by atoms with van der Waals surface area (Å²) in [6.45, 7) is 4.86. The van der Waals surface area contributed by atoms with E-state index in [0.717, 1.165) is 12.8 Å². The van der Waals surface area contributed by atoms with Gasteiger partial charge in [0.2, 0.25) is 16.0 Å². The van der Waals surface area contributed by atoms with E-state index in [9.17, 15) is 8.42 Å². The van der Waals surface area contributed by atoms with Crippen LogP contribution in [0.2, 0.25) is 5.02 Å². The van der Waals surface area contributed by atoms with Crippen LogP contribution in [-0.2, 0) is 29.8 Å². The molecule has 1 aliphatic carbocycles. The lowest BCUT2D eigenvalue weighted by molar-refractivity contribution is -0.0952. The molecule has 2 aliphatic rings. The van der Waals surface area contributed by atoms with E-state index < -0.39 is 27.5 Å². The van der Waals surface area contributed by atoms with E-state index in [2.05, 4.69) is 24.9 Å². The molecule has 11 nitrogen and oxygen atoms in total. The molecular weight excluding hydrogens is 448 g/mol. The maximum Gasteiger partial charge on any atom is 0.240 e. The average Bonchev–Trinajstić information content (AvgIpc) is 3.36. The van der Waals surface area contributed by atoms with Crippen molar-refractivity contribution in [2.24, 2.45) is 0 Å². The number of aromatic nitrogens is 5. The summed E-state index contributed by atoms with van der Waals surface area (Å²) in [7, 11) is -2.54. The van der Waals surface area contributed by atoms with Crippen molar-refractivity contribution in [3.8, 4) is 0 Å². The predicted molar refractivity (Wildman–Crippen MR) is 111 cm³/mol. The van der Waals surface area contributed by atoms with E-state index in [1.165, 1.54) is 26.4 Å². The van der Waals surface area contributed by atoms with Gasteiger partial charge < -0.3 is 14.2 Å². The Hall–Kier alpha value is -1.86. The molecule has 3 heterocycles. The predicted octanol–water partition coefficient (Wildman–Crippen LogP) is 1.84. The van der Waals surface area contributed by atoms with Crippen LogP contribution in [0.5, 0.6) is 0 Å². The van der Waals surface area contributed by atoms with Gasteiger partial charge in [-0.25, -0.2) is 18.4 Å². The Labute approximate surface area is 185 Å². The molecule has 1 aliphatic heterocycles. The van der Waals surface area contributed by atoms with E-state index >= 15 is 0 Å². The zero-order valence-electron chi connectivity index (χ0n) is 17.5. The first-order valence-electron chi connectivity index (χ1n) is 9.92. The molecule has 13 heteroatoms. The monoisotopic (exact) mass is 472 g/mol. The Morgan fingerprint density at radius 3 is 2.58 bits per heavy atom. The van der Waals surface area contributed by atoms with Gasteiger partial charge in [-0.15, -0.1) is 10.2 Å². The Balaban J connectivity index is 1.61. The largest absolute Gasteiger partial charge is 0.376 e. The van der Waals surface area contributed by atoms with Gasteiger partial charge in [-0.2, -0.15) is 0 Å². The number of hydrogen-bond acceptors (Lipinski definition) is 9. The SMILES string of the molecule is CO[C@H](c1ncc(Cl)cn1)[C@H](C)S(=O)(=O)Nc1nnc(C2COCCO2)n1C1(C)CC1. The number of rotatable bonds is 8. The third-order valence-corrected chi connectivity index (χ3v) is 7.49. The Morgan fingerprint density at radius 1 is 1.29 bits per heavy atom. The summed E-state index contributed by atoms with van der Waals surface area (Å²) in [6.07, 6.45) is 3.25. The van der Waals surface area contributed by atoms with Gasteiger partial charge in [0.05, 0.1) is 24.8 Å². The highest BCUT2D eigenvalue weighted by Gasteiger charge is 2.45. The number of methoxy groups -OCH3 is 1. The van der Waals surface area contributed by atoms with Gasteiger partial charge in [-0.3, -0.25) is 9.29 Å². The van der Waals surface area contributed by atoms with Gasteiger partial charge in [-0.05, 0) is 26.7 Å². The van der Waals surface area contributed by atoms with Gasteiger partial charge in [0, 0.05) is 25.0 Å². The Kier molecular flexibility index (Phi) is 6.19. The molecule has 1 N–H and O–H groups in total. The molecule has 0 amide bonds. The lowest BCUT2D eigenvalue weighted by Crippen LogP contribution is -2.34. The van der Waals surface area contributed by atoms with Crippen LogP contribution in [0.4, 0.5) is 5.95 Å². The second-order valence-electron chi connectivity index (χ2n) is 7.92. The highest BCUT2D eigenvalue weighted by molar-refractivity contribution is 7.93. The first-order chi connectivity index (χ1) is 14.7. The summed E-state index contributed by atoms with van der Waals surface area (Å²) in [4.78, 5) is 8.20. The zero-order valence-corrected chi connectivity index (χ0v) is 19.1. The molecule has 2 fully saturated rings. The van der Waals surface area contributed by atoms with Crippen molar-refractivity contribution in [1.29, 1.82) is 0 Å². The smallest absolute Gasteiger partial charge is 0.240 e. The molecule has 4 rings (SSSR count). The molecule has 3 atom stereocenters. The number of hydrogen-bond donors (Lipinski definition) is 1. The number of sulfonamides is 1. The number of anilines is 1. The van der Waals surface area contributed by atoms with Crippen molar-refractivity contribution < 1.29 is 22.6 Å². The van der Waals surface area contributed by atoms with Crippen LogP contribution in [0.25, 0.3) is 0 Å². The molecule has 0 bridgehead atoms. The third-order valence-electron chi connectivity index (χ3n) is 5.60. The van der Waals surface area contributed by atoms with Crippen LogP contribution in [-0.4, -0.2) is 65.3 Å². The quantitative estimate of drug-likeness (QED) is 0.611. The second-order valence-corrected chi connectivity index (χ2v) is 10.4. The Bertz CT molecular complexity index is 1020. The molecule has 0 aromatic carbocycles. The van der Waals surface area contributed by atoms with Crippen LogP contribution < -0.4 is 4.72 Å². The van der Waals surface area contributed by atoms with E-state index in [1.807, 2.05) is 11.5 Å². The molecule has 1 saturated carbocycles. The summed E-state index contributed by atoms with van der Waals surface area (Å²) in [5.74, 6) is 0.908. The van der Waals surface area contributed by atoms with Crippen LogP contribution in [0.3, 0.4) is 0 Å². The van der Waals surface area contributed by atoms with E-state index in [4.69, 9.17) is 25.8 Å². The molecule has 1 unspecified atom stereocenters. The fourth-order valence-electron chi connectivity index (χ4n) is 3.50. The van der Waals surface area contributed by atoms with Crippen molar-refractivity contribution >= 4 is 27.6 Å². The van der Waals surface area contributed by atoms with E-state index in [-0.39, 0.29) is 17.3 Å². The molecule has 2 aromatic rings. The second kappa shape index (κ2) is 8.58. The number of nitrogens with zero attached hydrogens (tertiary/aromatic N) is 5. The first-order valence-corrected chi connectivity index (χ1v) is 11.8. The minimum atomic E-state index is -3.94. The van der Waals surface area contributed by atoms with Crippen molar-refractivity contribution in [2.45, 2.75) is 49.7 Å². The van der Waals surface area contributed by atoms with Gasteiger partial charge in [0.1, 0.15) is 17.5 Å².